The minimum absolute atomic E-state index is 0.256. The zero-order chi connectivity index (χ0) is 15.6. The predicted octanol–water partition coefficient (Wildman–Crippen LogP) is 1.98. The number of ether oxygens (including phenoxy) is 2. The number of sulfonamides is 1. The number of hydrogen-bond donors (Lipinski definition) is 1. The lowest BCUT2D eigenvalue weighted by Crippen LogP contribution is -2.42. The molecule has 0 spiro atoms. The molecule has 0 radical (unpaired) electrons. The van der Waals surface area contributed by atoms with Crippen LogP contribution in [0.4, 0.5) is 0 Å². The molecule has 0 saturated carbocycles. The summed E-state index contributed by atoms with van der Waals surface area (Å²) >= 11 is 0. The molecular formula is C16H17NO4S. The van der Waals surface area contributed by atoms with Crippen molar-refractivity contribution in [1.29, 1.82) is 0 Å². The van der Waals surface area contributed by atoms with Crippen LogP contribution in [-0.2, 0) is 16.4 Å². The summed E-state index contributed by atoms with van der Waals surface area (Å²) in [6.07, 6.45) is 0.568. The molecule has 0 aromatic heterocycles. The highest BCUT2D eigenvalue weighted by molar-refractivity contribution is 7.89. The molecule has 5 nitrogen and oxygen atoms in total. The molecule has 1 aliphatic rings. The van der Waals surface area contributed by atoms with Crippen LogP contribution in [0.5, 0.6) is 11.5 Å². The number of fused-ring (bicyclic) bond motifs is 1. The summed E-state index contributed by atoms with van der Waals surface area (Å²) in [5, 5.41) is 0. The maximum Gasteiger partial charge on any atom is 0.240 e. The van der Waals surface area contributed by atoms with E-state index in [1.165, 1.54) is 0 Å². The van der Waals surface area contributed by atoms with E-state index < -0.39 is 10.0 Å². The molecule has 6 heteroatoms. The van der Waals surface area contributed by atoms with E-state index in [0.717, 1.165) is 5.56 Å². The van der Waals surface area contributed by atoms with Gasteiger partial charge in [-0.2, -0.15) is 0 Å². The van der Waals surface area contributed by atoms with E-state index in [2.05, 4.69) is 4.72 Å². The zero-order valence-electron chi connectivity index (χ0n) is 12.2. The van der Waals surface area contributed by atoms with Gasteiger partial charge in [-0.25, -0.2) is 13.1 Å². The van der Waals surface area contributed by atoms with E-state index in [4.69, 9.17) is 9.47 Å². The van der Waals surface area contributed by atoms with Crippen LogP contribution in [0.1, 0.15) is 5.56 Å². The number of hydrogen-bond acceptors (Lipinski definition) is 4. The highest BCUT2D eigenvalue weighted by atomic mass is 32.2. The van der Waals surface area contributed by atoms with Crippen LogP contribution in [0.15, 0.2) is 53.4 Å². The van der Waals surface area contributed by atoms with Gasteiger partial charge in [-0.1, -0.05) is 30.3 Å². The van der Waals surface area contributed by atoms with Crippen molar-refractivity contribution in [3.8, 4) is 11.5 Å². The Morgan fingerprint density at radius 3 is 2.64 bits per heavy atom. The van der Waals surface area contributed by atoms with E-state index in [1.807, 2.05) is 18.2 Å². The van der Waals surface area contributed by atoms with Crippen molar-refractivity contribution < 1.29 is 17.9 Å². The summed E-state index contributed by atoms with van der Waals surface area (Å²) in [5.74, 6) is 1.36. The standard InChI is InChI=1S/C16H17NO4S/c1-20-15-9-5-6-12-10-13(11-21-16(12)15)17-22(18,19)14-7-3-2-4-8-14/h2-9,13,17H,10-11H2,1H3. The van der Waals surface area contributed by atoms with Crippen molar-refractivity contribution in [2.75, 3.05) is 13.7 Å². The quantitative estimate of drug-likeness (QED) is 0.936. The van der Waals surface area contributed by atoms with E-state index in [0.29, 0.717) is 17.9 Å². The molecule has 1 unspecified atom stereocenters. The molecule has 1 N–H and O–H groups in total. The molecular weight excluding hydrogens is 302 g/mol. The minimum Gasteiger partial charge on any atom is -0.493 e. The van der Waals surface area contributed by atoms with Gasteiger partial charge in [0.1, 0.15) is 6.61 Å². The van der Waals surface area contributed by atoms with Gasteiger partial charge in [0.2, 0.25) is 10.0 Å². The first kappa shape index (κ1) is 14.9. The van der Waals surface area contributed by atoms with E-state index in [9.17, 15) is 8.42 Å². The van der Waals surface area contributed by atoms with Crippen LogP contribution in [0.3, 0.4) is 0 Å². The first-order valence-electron chi connectivity index (χ1n) is 6.96. The topological polar surface area (TPSA) is 64.6 Å². The summed E-state index contributed by atoms with van der Waals surface area (Å²) < 4.78 is 38.3. The second kappa shape index (κ2) is 5.98. The number of benzene rings is 2. The Labute approximate surface area is 129 Å². The molecule has 0 saturated heterocycles. The molecule has 1 heterocycles. The van der Waals surface area contributed by atoms with Gasteiger partial charge >= 0.3 is 0 Å². The number of rotatable bonds is 4. The molecule has 0 amide bonds. The van der Waals surface area contributed by atoms with Gasteiger partial charge in [-0.05, 0) is 30.2 Å². The largest absolute Gasteiger partial charge is 0.493 e. The fraction of sp³-hybridized carbons (Fsp3) is 0.250. The van der Waals surface area contributed by atoms with Crippen LogP contribution in [0.2, 0.25) is 0 Å². The van der Waals surface area contributed by atoms with Gasteiger partial charge in [-0.3, -0.25) is 0 Å². The second-order valence-electron chi connectivity index (χ2n) is 5.09. The van der Waals surface area contributed by atoms with Crippen molar-refractivity contribution in [2.45, 2.75) is 17.4 Å². The van der Waals surface area contributed by atoms with Crippen molar-refractivity contribution in [2.24, 2.45) is 0 Å². The molecule has 2 aromatic carbocycles. The molecule has 0 aliphatic carbocycles. The fourth-order valence-corrected chi connectivity index (χ4v) is 3.76. The summed E-state index contributed by atoms with van der Waals surface area (Å²) in [6.45, 7) is 0.277. The molecule has 1 aliphatic heterocycles. The van der Waals surface area contributed by atoms with Gasteiger partial charge < -0.3 is 9.47 Å². The number of methoxy groups -OCH3 is 1. The second-order valence-corrected chi connectivity index (χ2v) is 6.81. The van der Waals surface area contributed by atoms with Crippen LogP contribution in [-0.4, -0.2) is 28.2 Å². The maximum atomic E-state index is 12.3. The SMILES string of the molecule is COc1cccc2c1OCC(NS(=O)(=O)c1ccccc1)C2. The Morgan fingerprint density at radius 1 is 1.14 bits per heavy atom. The average molecular weight is 319 g/mol. The Bertz CT molecular complexity index is 759. The molecule has 3 rings (SSSR count). The highest BCUT2D eigenvalue weighted by Crippen LogP contribution is 2.34. The van der Waals surface area contributed by atoms with Crippen molar-refractivity contribution in [1.82, 2.24) is 4.72 Å². The van der Waals surface area contributed by atoms with Crippen molar-refractivity contribution >= 4 is 10.0 Å². The third-order valence-electron chi connectivity index (χ3n) is 3.55. The van der Waals surface area contributed by atoms with E-state index >= 15 is 0 Å². The number of para-hydroxylation sites is 1. The normalized spacial score (nSPS) is 17.4. The molecule has 0 fully saturated rings. The minimum atomic E-state index is -3.54. The third kappa shape index (κ3) is 2.93. The van der Waals surface area contributed by atoms with Crippen LogP contribution < -0.4 is 14.2 Å². The zero-order valence-corrected chi connectivity index (χ0v) is 13.0. The highest BCUT2D eigenvalue weighted by Gasteiger charge is 2.26. The third-order valence-corrected chi connectivity index (χ3v) is 5.09. The van der Waals surface area contributed by atoms with Gasteiger partial charge in [0.25, 0.3) is 0 Å². The smallest absolute Gasteiger partial charge is 0.240 e. The first-order valence-corrected chi connectivity index (χ1v) is 8.44. The predicted molar refractivity (Wildman–Crippen MR) is 82.7 cm³/mol. The maximum absolute atomic E-state index is 12.3. The fourth-order valence-electron chi connectivity index (χ4n) is 2.52. The first-order chi connectivity index (χ1) is 10.6. The Hall–Kier alpha value is -2.05. The van der Waals surface area contributed by atoms with E-state index in [-0.39, 0.29) is 17.5 Å². The van der Waals surface area contributed by atoms with Crippen LogP contribution >= 0.6 is 0 Å². The lowest BCUT2D eigenvalue weighted by atomic mass is 10.0. The Kier molecular flexibility index (Phi) is 4.04. The summed E-state index contributed by atoms with van der Waals surface area (Å²) in [4.78, 5) is 0.256. The van der Waals surface area contributed by atoms with Gasteiger partial charge in [0.15, 0.2) is 11.5 Å². The van der Waals surface area contributed by atoms with Crippen molar-refractivity contribution in [3.63, 3.8) is 0 Å². The lowest BCUT2D eigenvalue weighted by molar-refractivity contribution is 0.240. The monoisotopic (exact) mass is 319 g/mol. The lowest BCUT2D eigenvalue weighted by Gasteiger charge is -2.27. The van der Waals surface area contributed by atoms with E-state index in [1.54, 1.807) is 37.4 Å². The molecule has 22 heavy (non-hydrogen) atoms. The van der Waals surface area contributed by atoms with Gasteiger partial charge in [0.05, 0.1) is 18.0 Å². The summed E-state index contributed by atoms with van der Waals surface area (Å²) in [5.41, 5.74) is 0.936. The van der Waals surface area contributed by atoms with Gasteiger partial charge in [0, 0.05) is 0 Å². The van der Waals surface area contributed by atoms with Gasteiger partial charge in [-0.15, -0.1) is 0 Å². The summed E-state index contributed by atoms with van der Waals surface area (Å²) in [6, 6.07) is 13.6. The molecule has 2 aromatic rings. The number of nitrogens with one attached hydrogen (secondary N) is 1. The Morgan fingerprint density at radius 2 is 1.91 bits per heavy atom. The van der Waals surface area contributed by atoms with Crippen LogP contribution in [0, 0.1) is 0 Å². The average Bonchev–Trinajstić information content (AvgIpc) is 2.54. The van der Waals surface area contributed by atoms with Crippen LogP contribution in [0.25, 0.3) is 0 Å². The molecule has 0 bridgehead atoms. The molecule has 1 atom stereocenters. The molecule has 116 valence electrons. The van der Waals surface area contributed by atoms with Crippen molar-refractivity contribution in [3.05, 3.63) is 54.1 Å². The Balaban J connectivity index is 1.79. The summed E-state index contributed by atoms with van der Waals surface area (Å²) in [7, 11) is -1.95.